The smallest absolute Gasteiger partial charge is 0.230 e. The molecule has 0 bridgehead atoms. The Morgan fingerprint density at radius 2 is 1.89 bits per heavy atom. The molecule has 0 saturated carbocycles. The quantitative estimate of drug-likeness (QED) is 0.606. The van der Waals surface area contributed by atoms with Crippen molar-refractivity contribution >= 4 is 23.4 Å². The van der Waals surface area contributed by atoms with Crippen LogP contribution in [-0.2, 0) is 9.59 Å². The van der Waals surface area contributed by atoms with Crippen LogP contribution in [0.1, 0.15) is 24.3 Å². The van der Waals surface area contributed by atoms with Crippen molar-refractivity contribution < 1.29 is 9.59 Å². The van der Waals surface area contributed by atoms with Crippen molar-refractivity contribution in [3.05, 3.63) is 34.9 Å². The second kappa shape index (κ2) is 5.19. The molecule has 18 heavy (non-hydrogen) atoms. The van der Waals surface area contributed by atoms with E-state index in [1.807, 2.05) is 18.2 Å². The summed E-state index contributed by atoms with van der Waals surface area (Å²) in [5, 5.41) is 9.13. The maximum absolute atomic E-state index is 11.8. The van der Waals surface area contributed by atoms with Crippen LogP contribution in [0.15, 0.2) is 24.3 Å². The Morgan fingerprint density at radius 1 is 1.28 bits per heavy atom. The summed E-state index contributed by atoms with van der Waals surface area (Å²) in [5.74, 6) is -0.802. The minimum atomic E-state index is -0.308. The molecule has 0 unspecified atom stereocenters. The van der Waals surface area contributed by atoms with Gasteiger partial charge in [-0.3, -0.25) is 14.5 Å². The van der Waals surface area contributed by atoms with E-state index < -0.39 is 0 Å². The highest BCUT2D eigenvalue weighted by molar-refractivity contribution is 6.31. The monoisotopic (exact) mass is 262 g/mol. The van der Waals surface area contributed by atoms with Crippen molar-refractivity contribution in [1.82, 2.24) is 4.90 Å². The number of carbonyl (C=O) groups excluding carboxylic acids is 2. The molecule has 1 saturated heterocycles. The van der Waals surface area contributed by atoms with Crippen LogP contribution in [-0.4, -0.2) is 23.3 Å². The molecule has 2 rings (SSSR count). The molecule has 0 N–H and O–H groups in total. The zero-order valence-electron chi connectivity index (χ0n) is 9.60. The lowest BCUT2D eigenvalue weighted by molar-refractivity contribution is -0.147. The van der Waals surface area contributed by atoms with Crippen LogP contribution in [0.3, 0.4) is 0 Å². The van der Waals surface area contributed by atoms with Gasteiger partial charge in [0.1, 0.15) is 6.54 Å². The van der Waals surface area contributed by atoms with Crippen LogP contribution < -0.4 is 0 Å². The summed E-state index contributed by atoms with van der Waals surface area (Å²) in [6.07, 6.45) is 0.439. The van der Waals surface area contributed by atoms with Gasteiger partial charge >= 0.3 is 0 Å². The highest BCUT2D eigenvalue weighted by atomic mass is 35.5. The van der Waals surface area contributed by atoms with Gasteiger partial charge in [-0.1, -0.05) is 29.8 Å². The molecular formula is C13H11ClN2O2. The first-order valence-corrected chi connectivity index (χ1v) is 5.96. The number of amides is 2. The van der Waals surface area contributed by atoms with E-state index >= 15 is 0 Å². The van der Waals surface area contributed by atoms with Gasteiger partial charge in [-0.05, 0) is 11.6 Å². The number of hydrogen-bond donors (Lipinski definition) is 0. The molecule has 1 fully saturated rings. The van der Waals surface area contributed by atoms with Crippen molar-refractivity contribution in [2.75, 3.05) is 6.54 Å². The van der Waals surface area contributed by atoms with E-state index in [2.05, 4.69) is 0 Å². The lowest BCUT2D eigenvalue weighted by Gasteiger charge is -2.28. The van der Waals surface area contributed by atoms with Gasteiger partial charge < -0.3 is 0 Å². The number of nitriles is 1. The topological polar surface area (TPSA) is 61.2 Å². The fourth-order valence-electron chi connectivity index (χ4n) is 2.13. The highest BCUT2D eigenvalue weighted by Crippen LogP contribution is 2.33. The standard InChI is InChI=1S/C13H11ClN2O2/c14-11-4-2-1-3-10(11)9-7-12(17)16(6-5-15)13(18)8-9/h1-4,9H,6-8H2. The van der Waals surface area contributed by atoms with Gasteiger partial charge in [0, 0.05) is 23.8 Å². The van der Waals surface area contributed by atoms with E-state index in [1.54, 1.807) is 12.1 Å². The Labute approximate surface area is 110 Å². The van der Waals surface area contributed by atoms with Crippen molar-refractivity contribution in [3.63, 3.8) is 0 Å². The van der Waals surface area contributed by atoms with Gasteiger partial charge in [0.2, 0.25) is 11.8 Å². The Kier molecular flexibility index (Phi) is 3.63. The molecule has 92 valence electrons. The Hall–Kier alpha value is -1.86. The molecule has 1 aromatic carbocycles. The molecule has 0 aliphatic carbocycles. The molecule has 0 spiro atoms. The molecule has 4 nitrogen and oxygen atoms in total. The SMILES string of the molecule is N#CCN1C(=O)CC(c2ccccc2Cl)CC1=O. The number of nitrogens with zero attached hydrogens (tertiary/aromatic N) is 2. The molecule has 5 heteroatoms. The highest BCUT2D eigenvalue weighted by Gasteiger charge is 2.33. The molecule has 1 heterocycles. The predicted molar refractivity (Wildman–Crippen MR) is 65.8 cm³/mol. The van der Waals surface area contributed by atoms with Crippen LogP contribution >= 0.6 is 11.6 Å². The molecule has 1 aromatic rings. The molecule has 1 aliphatic rings. The first-order chi connectivity index (χ1) is 8.63. The van der Waals surface area contributed by atoms with Gasteiger partial charge in [-0.2, -0.15) is 5.26 Å². The van der Waals surface area contributed by atoms with E-state index in [-0.39, 0.29) is 37.1 Å². The fraction of sp³-hybridized carbons (Fsp3) is 0.308. The van der Waals surface area contributed by atoms with Crippen molar-refractivity contribution in [2.24, 2.45) is 0 Å². The van der Waals surface area contributed by atoms with Crippen molar-refractivity contribution in [2.45, 2.75) is 18.8 Å². The first-order valence-electron chi connectivity index (χ1n) is 5.58. The molecule has 2 amide bonds. The summed E-state index contributed by atoms with van der Waals surface area (Å²) in [6, 6.07) is 9.03. The molecule has 1 aliphatic heterocycles. The summed E-state index contributed by atoms with van der Waals surface area (Å²) in [7, 11) is 0. The van der Waals surface area contributed by atoms with Crippen LogP contribution in [0, 0.1) is 11.3 Å². The summed E-state index contributed by atoms with van der Waals surface area (Å²) in [5.41, 5.74) is 0.817. The third-order valence-electron chi connectivity index (χ3n) is 3.02. The van der Waals surface area contributed by atoms with E-state index in [4.69, 9.17) is 16.9 Å². The number of rotatable bonds is 2. The van der Waals surface area contributed by atoms with E-state index in [9.17, 15) is 9.59 Å². The van der Waals surface area contributed by atoms with Gasteiger partial charge in [-0.15, -0.1) is 0 Å². The molecule has 0 radical (unpaired) electrons. The Balaban J connectivity index is 2.21. The van der Waals surface area contributed by atoms with Gasteiger partial charge in [0.15, 0.2) is 0 Å². The lowest BCUT2D eigenvalue weighted by atomic mass is 9.88. The number of likely N-dealkylation sites (tertiary alicyclic amines) is 1. The minimum absolute atomic E-state index is 0.174. The second-order valence-electron chi connectivity index (χ2n) is 4.16. The van der Waals surface area contributed by atoms with Crippen LogP contribution in [0.2, 0.25) is 5.02 Å². The van der Waals surface area contributed by atoms with Crippen LogP contribution in [0.25, 0.3) is 0 Å². The molecule has 0 atom stereocenters. The van der Waals surface area contributed by atoms with E-state index in [0.29, 0.717) is 5.02 Å². The summed E-state index contributed by atoms with van der Waals surface area (Å²) >= 11 is 6.06. The first kappa shape index (κ1) is 12.6. The average molecular weight is 263 g/mol. The Bertz CT molecular complexity index is 518. The van der Waals surface area contributed by atoms with Crippen LogP contribution in [0.4, 0.5) is 0 Å². The minimum Gasteiger partial charge on any atom is -0.274 e. The summed E-state index contributed by atoms with van der Waals surface area (Å²) in [4.78, 5) is 24.6. The van der Waals surface area contributed by atoms with Crippen molar-refractivity contribution in [3.8, 4) is 6.07 Å². The zero-order chi connectivity index (χ0) is 13.1. The van der Waals surface area contributed by atoms with Gasteiger partial charge in [0.25, 0.3) is 0 Å². The maximum atomic E-state index is 11.8. The van der Waals surface area contributed by atoms with Gasteiger partial charge in [0.05, 0.1) is 6.07 Å². The number of benzene rings is 1. The number of halogens is 1. The third kappa shape index (κ3) is 2.36. The number of piperidine rings is 1. The van der Waals surface area contributed by atoms with E-state index in [0.717, 1.165) is 10.5 Å². The summed E-state index contributed by atoms with van der Waals surface area (Å²) in [6.45, 7) is -0.174. The predicted octanol–water partition coefficient (Wildman–Crippen LogP) is 2.10. The summed E-state index contributed by atoms with van der Waals surface area (Å²) < 4.78 is 0. The fourth-order valence-corrected chi connectivity index (χ4v) is 2.42. The second-order valence-corrected chi connectivity index (χ2v) is 4.57. The number of carbonyl (C=O) groups is 2. The zero-order valence-corrected chi connectivity index (χ0v) is 10.4. The molecule has 0 aromatic heterocycles. The maximum Gasteiger partial charge on any atom is 0.230 e. The largest absolute Gasteiger partial charge is 0.274 e. The number of hydrogen-bond acceptors (Lipinski definition) is 3. The lowest BCUT2D eigenvalue weighted by Crippen LogP contribution is -2.42. The normalized spacial score (nSPS) is 16.8. The number of imide groups is 1. The van der Waals surface area contributed by atoms with Crippen LogP contribution in [0.5, 0.6) is 0 Å². The van der Waals surface area contributed by atoms with E-state index in [1.165, 1.54) is 0 Å². The van der Waals surface area contributed by atoms with Crippen molar-refractivity contribution in [1.29, 1.82) is 5.26 Å². The Morgan fingerprint density at radius 3 is 2.44 bits per heavy atom. The third-order valence-corrected chi connectivity index (χ3v) is 3.36. The average Bonchev–Trinajstić information content (AvgIpc) is 2.34. The molecular weight excluding hydrogens is 252 g/mol. The van der Waals surface area contributed by atoms with Gasteiger partial charge in [-0.25, -0.2) is 0 Å².